The van der Waals surface area contributed by atoms with Crippen LogP contribution in [0.25, 0.3) is 0 Å². The molecule has 3 aromatic rings. The number of ether oxygens (including phenoxy) is 2. The van der Waals surface area contributed by atoms with Crippen LogP contribution in [0.15, 0.2) is 53.9 Å². The molecular weight excluding hydrogens is 398 g/mol. The van der Waals surface area contributed by atoms with Gasteiger partial charge in [-0.3, -0.25) is 4.79 Å². The summed E-state index contributed by atoms with van der Waals surface area (Å²) in [5.41, 5.74) is 2.31. The van der Waals surface area contributed by atoms with Crippen LogP contribution in [-0.4, -0.2) is 19.0 Å². The van der Waals surface area contributed by atoms with Crippen molar-refractivity contribution < 1.29 is 19.1 Å². The van der Waals surface area contributed by atoms with Crippen molar-refractivity contribution in [3.05, 3.63) is 80.5 Å². The van der Waals surface area contributed by atoms with Gasteiger partial charge in [-0.15, -0.1) is 11.3 Å². The van der Waals surface area contributed by atoms with Crippen LogP contribution in [0.2, 0.25) is 5.02 Å². The Labute approximate surface area is 171 Å². The van der Waals surface area contributed by atoms with E-state index in [0.717, 1.165) is 11.1 Å². The van der Waals surface area contributed by atoms with E-state index >= 15 is 0 Å². The van der Waals surface area contributed by atoms with Gasteiger partial charge in [0.25, 0.3) is 5.91 Å². The lowest BCUT2D eigenvalue weighted by Gasteiger charge is -2.13. The molecule has 5 nitrogen and oxygen atoms in total. The molecule has 28 heavy (non-hydrogen) atoms. The number of hydrogen-bond acceptors (Lipinski definition) is 5. The molecule has 3 rings (SSSR count). The maximum atomic E-state index is 12.6. The molecule has 0 saturated carbocycles. The van der Waals surface area contributed by atoms with Crippen molar-refractivity contribution >= 4 is 40.5 Å². The molecule has 144 valence electrons. The normalized spacial score (nSPS) is 10.4. The molecule has 7 heteroatoms. The van der Waals surface area contributed by atoms with Crippen LogP contribution in [0, 0.1) is 6.92 Å². The fourth-order valence-corrected chi connectivity index (χ4v) is 3.42. The summed E-state index contributed by atoms with van der Waals surface area (Å²) in [5.74, 6) is -0.242. The fourth-order valence-electron chi connectivity index (χ4n) is 2.63. The Morgan fingerprint density at radius 2 is 1.96 bits per heavy atom. The second-order valence-corrected chi connectivity index (χ2v) is 7.40. The number of rotatable bonds is 6. The van der Waals surface area contributed by atoms with E-state index in [9.17, 15) is 9.59 Å². The van der Waals surface area contributed by atoms with E-state index in [1.807, 2.05) is 25.1 Å². The first kappa shape index (κ1) is 19.9. The Morgan fingerprint density at radius 1 is 1.14 bits per heavy atom. The highest BCUT2D eigenvalue weighted by molar-refractivity contribution is 7.12. The lowest BCUT2D eigenvalue weighted by Crippen LogP contribution is -2.15. The van der Waals surface area contributed by atoms with Crippen molar-refractivity contribution in [1.29, 1.82) is 0 Å². The first-order valence-electron chi connectivity index (χ1n) is 8.43. The second kappa shape index (κ2) is 8.91. The number of carbonyl (C=O) groups excluding carboxylic acids is 2. The van der Waals surface area contributed by atoms with Gasteiger partial charge in [0.1, 0.15) is 12.4 Å². The summed E-state index contributed by atoms with van der Waals surface area (Å²) >= 11 is 7.35. The molecule has 0 fully saturated rings. The van der Waals surface area contributed by atoms with Crippen molar-refractivity contribution in [3.63, 3.8) is 0 Å². The number of benzene rings is 2. The van der Waals surface area contributed by atoms with Gasteiger partial charge < -0.3 is 14.8 Å². The van der Waals surface area contributed by atoms with Crippen molar-refractivity contribution in [2.75, 3.05) is 12.4 Å². The van der Waals surface area contributed by atoms with E-state index in [-0.39, 0.29) is 18.1 Å². The van der Waals surface area contributed by atoms with Crippen LogP contribution in [-0.2, 0) is 11.3 Å². The van der Waals surface area contributed by atoms with E-state index < -0.39 is 5.97 Å². The van der Waals surface area contributed by atoms with E-state index in [2.05, 4.69) is 5.32 Å². The summed E-state index contributed by atoms with van der Waals surface area (Å²) in [7, 11) is 1.56. The zero-order valence-corrected chi connectivity index (χ0v) is 16.9. The summed E-state index contributed by atoms with van der Waals surface area (Å²) in [4.78, 5) is 25.5. The van der Waals surface area contributed by atoms with Gasteiger partial charge in [0, 0.05) is 10.6 Å². The molecule has 0 aliphatic rings. The highest BCUT2D eigenvalue weighted by atomic mass is 35.5. The Morgan fingerprint density at radius 3 is 2.68 bits per heavy atom. The molecule has 1 N–H and O–H groups in total. The Bertz CT molecular complexity index is 1000. The average molecular weight is 416 g/mol. The number of nitrogens with one attached hydrogen (secondary N) is 1. The number of aryl methyl sites for hydroxylation is 1. The van der Waals surface area contributed by atoms with Gasteiger partial charge in [-0.1, -0.05) is 29.3 Å². The first-order valence-corrected chi connectivity index (χ1v) is 9.68. The molecule has 0 aliphatic carbocycles. The van der Waals surface area contributed by atoms with Crippen LogP contribution < -0.4 is 10.1 Å². The van der Waals surface area contributed by atoms with Gasteiger partial charge >= 0.3 is 5.97 Å². The molecule has 0 radical (unpaired) electrons. The Balaban J connectivity index is 1.78. The predicted molar refractivity (Wildman–Crippen MR) is 111 cm³/mol. The SMILES string of the molecule is COc1ccc(C)cc1COC(=O)c1ccc(Cl)cc1NC(=O)c1cccs1. The summed E-state index contributed by atoms with van der Waals surface area (Å²) < 4.78 is 10.8. The first-order chi connectivity index (χ1) is 13.5. The van der Waals surface area contributed by atoms with Gasteiger partial charge in [0.05, 0.1) is 23.2 Å². The van der Waals surface area contributed by atoms with Crippen LogP contribution in [0.1, 0.15) is 31.2 Å². The van der Waals surface area contributed by atoms with Crippen LogP contribution in [0.3, 0.4) is 0 Å². The molecule has 0 atom stereocenters. The Hall–Kier alpha value is -2.83. The van der Waals surface area contributed by atoms with Crippen molar-refractivity contribution in [3.8, 4) is 5.75 Å². The molecule has 0 bridgehead atoms. The third-order valence-electron chi connectivity index (χ3n) is 3.99. The zero-order valence-electron chi connectivity index (χ0n) is 15.3. The fraction of sp³-hybridized carbons (Fsp3) is 0.143. The molecule has 2 aromatic carbocycles. The third-order valence-corrected chi connectivity index (χ3v) is 5.09. The van der Waals surface area contributed by atoms with Gasteiger partial charge in [-0.05, 0) is 48.7 Å². The van der Waals surface area contributed by atoms with E-state index in [4.69, 9.17) is 21.1 Å². The minimum Gasteiger partial charge on any atom is -0.496 e. The smallest absolute Gasteiger partial charge is 0.340 e. The maximum Gasteiger partial charge on any atom is 0.340 e. The summed E-state index contributed by atoms with van der Waals surface area (Å²) in [6.07, 6.45) is 0. The molecule has 1 heterocycles. The van der Waals surface area contributed by atoms with E-state index in [1.54, 1.807) is 30.7 Å². The molecular formula is C21H18ClNO4S. The van der Waals surface area contributed by atoms with Gasteiger partial charge in [0.2, 0.25) is 0 Å². The van der Waals surface area contributed by atoms with Gasteiger partial charge in [0.15, 0.2) is 0 Å². The molecule has 1 aromatic heterocycles. The number of thiophene rings is 1. The predicted octanol–water partition coefficient (Wildman–Crippen LogP) is 5.33. The largest absolute Gasteiger partial charge is 0.496 e. The monoisotopic (exact) mass is 415 g/mol. The lowest BCUT2D eigenvalue weighted by molar-refractivity contribution is 0.0471. The maximum absolute atomic E-state index is 12.6. The van der Waals surface area contributed by atoms with Gasteiger partial charge in [-0.2, -0.15) is 0 Å². The summed E-state index contributed by atoms with van der Waals surface area (Å²) in [6, 6.07) is 13.8. The number of halogens is 1. The topological polar surface area (TPSA) is 64.6 Å². The lowest BCUT2D eigenvalue weighted by atomic mass is 10.1. The average Bonchev–Trinajstić information content (AvgIpc) is 3.21. The van der Waals surface area contributed by atoms with Crippen molar-refractivity contribution in [1.82, 2.24) is 0 Å². The van der Waals surface area contributed by atoms with E-state index in [0.29, 0.717) is 21.3 Å². The number of methoxy groups -OCH3 is 1. The minimum absolute atomic E-state index is 0.0463. The highest BCUT2D eigenvalue weighted by Gasteiger charge is 2.17. The second-order valence-electron chi connectivity index (χ2n) is 6.01. The zero-order chi connectivity index (χ0) is 20.1. The molecule has 1 amide bonds. The van der Waals surface area contributed by atoms with Crippen LogP contribution >= 0.6 is 22.9 Å². The molecule has 0 spiro atoms. The standard InChI is InChI=1S/C21H18ClNO4S/c1-13-5-8-18(26-2)14(10-13)12-27-21(25)16-7-6-15(22)11-17(16)23-20(24)19-4-3-9-28-19/h3-11H,12H2,1-2H3,(H,23,24). The van der Waals surface area contributed by atoms with Gasteiger partial charge in [-0.25, -0.2) is 4.79 Å². The minimum atomic E-state index is -0.568. The number of amides is 1. The molecule has 0 saturated heterocycles. The summed E-state index contributed by atoms with van der Waals surface area (Å²) in [5, 5.41) is 4.93. The number of anilines is 1. The molecule has 0 unspecified atom stereocenters. The van der Waals surface area contributed by atoms with Crippen LogP contribution in [0.5, 0.6) is 5.75 Å². The summed E-state index contributed by atoms with van der Waals surface area (Å²) in [6.45, 7) is 1.99. The highest BCUT2D eigenvalue weighted by Crippen LogP contribution is 2.25. The molecule has 0 aliphatic heterocycles. The number of carbonyl (C=O) groups is 2. The van der Waals surface area contributed by atoms with Crippen LogP contribution in [0.4, 0.5) is 5.69 Å². The Kier molecular flexibility index (Phi) is 6.34. The number of esters is 1. The quantitative estimate of drug-likeness (QED) is 0.553. The van der Waals surface area contributed by atoms with Crippen molar-refractivity contribution in [2.24, 2.45) is 0 Å². The number of hydrogen-bond donors (Lipinski definition) is 1. The van der Waals surface area contributed by atoms with E-state index in [1.165, 1.54) is 23.5 Å². The third kappa shape index (κ3) is 4.71. The van der Waals surface area contributed by atoms with Crippen molar-refractivity contribution in [2.45, 2.75) is 13.5 Å².